The SMILES string of the molecule is CC[C@H](C)[C@@H]1NC(=O)[C@@H]2CSSC[C@H](NC(=O)[C@H](CCCNC(=N)N)NC(=O)[C@@H]3CSSC[C@H](NC1=O)C(=O)N[C@@H]([C@@H](C)O)C(=O)N[C@@H](CCCNC(=N)N)C(=O)N[C@@H](Cc1c[nH]c4ccccc14)C(=O)N[C@@H](Cc1ccccc1)C(=O)N3)C(=O)N[C@@H](CC(C)C)C(=O)N[C@H]1CSSC[C@H](NC(=O)[C@H](C(C)C)NC(=O)CNC(=O)[C@H](CCCNC(=N)N)NC(=O)[C@H](CCCNC(=N)N)NC1=O)C(=O)N[C@@H](CCCNC(=N)N)C(=O)N2. The molecule has 0 saturated carbocycles. The van der Waals surface area contributed by atoms with Gasteiger partial charge in [0.15, 0.2) is 29.8 Å². The third-order valence-electron chi connectivity index (χ3n) is 24.1. The van der Waals surface area contributed by atoms with Crippen molar-refractivity contribution in [3.05, 3.63) is 71.9 Å². The van der Waals surface area contributed by atoms with Gasteiger partial charge in [0.1, 0.15) is 103 Å². The molecule has 18 amide bonds. The van der Waals surface area contributed by atoms with E-state index in [-0.39, 0.29) is 123 Å². The van der Waals surface area contributed by atoms with Crippen LogP contribution in [0.3, 0.4) is 0 Å². The van der Waals surface area contributed by atoms with Gasteiger partial charge in [-0.15, -0.1) is 0 Å². The van der Waals surface area contributed by atoms with Crippen LogP contribution in [0.15, 0.2) is 60.8 Å². The fourth-order valence-corrected chi connectivity index (χ4v) is 22.7. The maximum Gasteiger partial charge on any atom is 0.245 e. The standard InChI is InChI=1S/C91H144N34O19S6/c1-8-46(6)68-85(143)122-65-43-150-146-39-61(120-76(134)58(34-48-19-10-9-11-20-48)115-77(135)59(35-49-36-107-51-22-13-12-21-50(49)51)116-72(130)56(27-18-32-106-91(100)101)113-86(144)69(47(7)126)125-83(65)141)79(137)111-54(25-16-30-104-89(96)97)73(131)117-62-40-147-149-42-64(82(140)124-68)118-74(132)55(26-17-31-105-90(98)99)112-80(138)63-41-148-145-38-60(119-75(133)57(33-44(2)3)114-81(62)139)78(136)110-53(24-15-29-103-88(94)95)71(129)109-52(23-14-28-102-87(92)93)70(128)108-37-66(127)123-67(45(4)5)84(142)121-63/h9-13,19-22,36,44-47,52-65,67-69,107,126H,8,14-18,23-35,37-43H2,1-7H3,(H,108,128)(H,109,129)(H,110,136)(H,111,137)(H,112,138)(H,113,144)(H,114,139)(H,115,135)(H,116,130)(H,117,131)(H,118,132)(H,119,133)(H,120,134)(H,121,142)(H,122,143)(H,123,127)(H,124,140)(H,125,141)(H4,92,93,102)(H4,94,95,103)(H4,96,97,104)(H4,98,99,105)(H4,100,101,106)/t46-,47+,52-,53-,54-,55-,56-,57-,58-,59-,60-,61-,62-,63-,64-,65-,67-,68-,69-/m0/s1. The lowest BCUT2D eigenvalue weighted by molar-refractivity contribution is -0.137. The predicted molar refractivity (Wildman–Crippen MR) is 574 cm³/mol. The monoisotopic (exact) mass is 2210 g/mol. The number of aliphatic hydroxyl groups excluding tert-OH is 1. The zero-order valence-electron chi connectivity index (χ0n) is 84.4. The Morgan fingerprint density at radius 3 is 1.01 bits per heavy atom. The number of fused-ring (bicyclic) bond motifs is 16. The molecule has 6 bridgehead atoms. The Balaban J connectivity index is 1.48. The second-order valence-electron chi connectivity index (χ2n) is 37.0. The molecule has 1 aromatic heterocycles. The highest BCUT2D eigenvalue weighted by Gasteiger charge is 2.43. The molecule has 4 saturated heterocycles. The van der Waals surface area contributed by atoms with Crippen LogP contribution < -0.4 is 151 Å². The van der Waals surface area contributed by atoms with Gasteiger partial charge in [0, 0.05) is 97.2 Å². The van der Waals surface area contributed by atoms with Gasteiger partial charge >= 0.3 is 0 Å². The van der Waals surface area contributed by atoms with Crippen LogP contribution >= 0.6 is 64.8 Å². The van der Waals surface area contributed by atoms with Crippen LogP contribution in [0.2, 0.25) is 0 Å². The number of rotatable bonds is 30. The molecule has 4 aliphatic heterocycles. The first-order valence-electron chi connectivity index (χ1n) is 49.1. The molecule has 828 valence electrons. The molecule has 150 heavy (non-hydrogen) atoms. The topological polar surface area (TPSA) is 869 Å². The predicted octanol–water partition coefficient (Wildman–Crippen LogP) is -7.05. The number of aromatic nitrogens is 1. The molecule has 2 aromatic carbocycles. The fraction of sp³-hybridized carbons (Fsp3) is 0.593. The van der Waals surface area contributed by atoms with Crippen LogP contribution in [0.25, 0.3) is 10.9 Å². The average Bonchev–Trinajstić information content (AvgIpc) is 1.66. The van der Waals surface area contributed by atoms with E-state index in [0.29, 0.717) is 22.0 Å². The Bertz CT molecular complexity index is 5210. The number of H-pyrrole nitrogens is 1. The van der Waals surface area contributed by atoms with Crippen molar-refractivity contribution in [3.8, 4) is 0 Å². The Kier molecular flexibility index (Phi) is 52.6. The van der Waals surface area contributed by atoms with Crippen LogP contribution in [0, 0.1) is 44.8 Å². The maximum atomic E-state index is 15.9. The molecule has 0 radical (unpaired) electrons. The Hall–Kier alpha value is -13.1. The number of hydrogen-bond acceptors (Lipinski definition) is 30. The van der Waals surface area contributed by atoms with Gasteiger partial charge in [0.2, 0.25) is 106 Å². The first-order valence-corrected chi connectivity index (χ1v) is 56.6. The summed E-state index contributed by atoms with van der Waals surface area (Å²) in [7, 11) is 4.83. The van der Waals surface area contributed by atoms with E-state index < -0.39 is 304 Å². The number of carbonyl (C=O) groups excluding carboxylic acids is 18. The molecular weight excluding hydrogens is 2070 g/mol. The Labute approximate surface area is 891 Å². The summed E-state index contributed by atoms with van der Waals surface area (Å²) in [5.41, 5.74) is 29.9. The minimum atomic E-state index is -1.98. The van der Waals surface area contributed by atoms with Crippen molar-refractivity contribution in [2.75, 3.05) is 73.8 Å². The van der Waals surface area contributed by atoms with Gasteiger partial charge in [0.25, 0.3) is 0 Å². The highest BCUT2D eigenvalue weighted by Crippen LogP contribution is 2.29. The molecule has 19 atom stereocenters. The van der Waals surface area contributed by atoms with Gasteiger partial charge in [0.05, 0.1) is 12.6 Å². The van der Waals surface area contributed by atoms with Gasteiger partial charge in [-0.25, -0.2) is 0 Å². The number of nitrogens with two attached hydrogens (primary N) is 5. The highest BCUT2D eigenvalue weighted by molar-refractivity contribution is 8.77. The zero-order chi connectivity index (χ0) is 110. The van der Waals surface area contributed by atoms with Gasteiger partial charge in [-0.1, -0.05) is 161 Å². The van der Waals surface area contributed by atoms with E-state index in [9.17, 15) is 24.3 Å². The van der Waals surface area contributed by atoms with Crippen LogP contribution in [0.4, 0.5) is 0 Å². The number of guanidine groups is 5. The molecule has 59 heteroatoms. The summed E-state index contributed by atoms with van der Waals surface area (Å²) >= 11 is 0. The molecule has 4 aliphatic rings. The van der Waals surface area contributed by atoms with E-state index in [1.807, 2.05) is 0 Å². The number of amides is 18. The summed E-state index contributed by atoms with van der Waals surface area (Å²) in [4.78, 5) is 280. The summed E-state index contributed by atoms with van der Waals surface area (Å²) < 4.78 is 0. The summed E-state index contributed by atoms with van der Waals surface area (Å²) in [5, 5.41) is 113. The molecule has 0 unspecified atom stereocenters. The maximum absolute atomic E-state index is 15.9. The molecule has 0 aliphatic carbocycles. The van der Waals surface area contributed by atoms with Crippen molar-refractivity contribution >= 4 is 212 Å². The van der Waals surface area contributed by atoms with E-state index >= 15 is 67.1 Å². The van der Waals surface area contributed by atoms with Crippen molar-refractivity contribution in [1.82, 2.24) is 127 Å². The number of hydrogen-bond donors (Lipinski definition) is 35. The first-order chi connectivity index (χ1) is 71.3. The van der Waals surface area contributed by atoms with E-state index in [0.717, 1.165) is 71.7 Å². The molecule has 5 heterocycles. The molecular formula is C91H144N34O19S6. The second kappa shape index (κ2) is 63.8. The quantitative estimate of drug-likeness (QED) is 0.0128. The van der Waals surface area contributed by atoms with Gasteiger partial charge < -0.3 is 161 Å². The first kappa shape index (κ1) is 124. The van der Waals surface area contributed by atoms with Crippen LogP contribution in [-0.2, 0) is 99.1 Å². The smallest absolute Gasteiger partial charge is 0.245 e. The third kappa shape index (κ3) is 42.7. The van der Waals surface area contributed by atoms with E-state index in [4.69, 9.17) is 55.7 Å². The van der Waals surface area contributed by atoms with Crippen LogP contribution in [0.1, 0.15) is 137 Å². The lowest BCUT2D eigenvalue weighted by Gasteiger charge is -2.31. The van der Waals surface area contributed by atoms with Crippen molar-refractivity contribution in [3.63, 3.8) is 0 Å². The summed E-state index contributed by atoms with van der Waals surface area (Å²) in [6, 6.07) is -13.8. The van der Waals surface area contributed by atoms with E-state index in [1.54, 1.807) is 102 Å². The van der Waals surface area contributed by atoms with Crippen molar-refractivity contribution in [2.45, 2.75) is 247 Å². The second-order valence-corrected chi connectivity index (χ2v) is 44.6. The minimum absolute atomic E-state index is 0.00304. The minimum Gasteiger partial charge on any atom is -0.391 e. The molecule has 7 rings (SSSR count). The average molecular weight is 2210 g/mol. The van der Waals surface area contributed by atoms with E-state index in [1.165, 1.54) is 0 Å². The van der Waals surface area contributed by atoms with E-state index in [2.05, 4.69) is 127 Å². The van der Waals surface area contributed by atoms with Crippen LogP contribution in [-0.4, -0.2) is 329 Å². The zero-order valence-corrected chi connectivity index (χ0v) is 89.3. The normalized spacial score (nSPS) is 25.6. The third-order valence-corrected chi connectivity index (χ3v) is 31.3. The lowest BCUT2D eigenvalue weighted by Crippen LogP contribution is -2.63. The van der Waals surface area contributed by atoms with Crippen molar-refractivity contribution in [1.29, 1.82) is 27.0 Å². The van der Waals surface area contributed by atoms with Gasteiger partial charge in [-0.3, -0.25) is 113 Å². The van der Waals surface area contributed by atoms with Gasteiger partial charge in [-0.2, -0.15) is 0 Å². The Morgan fingerprint density at radius 2 is 0.633 bits per heavy atom. The Morgan fingerprint density at radius 1 is 0.340 bits per heavy atom. The largest absolute Gasteiger partial charge is 0.391 e. The molecule has 40 N–H and O–H groups in total. The molecule has 53 nitrogen and oxygen atoms in total. The summed E-state index contributed by atoms with van der Waals surface area (Å²) in [6.07, 6.45) is -2.49. The number of aliphatic hydroxyl groups is 1. The summed E-state index contributed by atoms with van der Waals surface area (Å²) in [5.74, 6) is -26.7. The van der Waals surface area contributed by atoms with Crippen molar-refractivity contribution < 1.29 is 91.4 Å². The molecule has 3 aromatic rings. The van der Waals surface area contributed by atoms with Crippen molar-refractivity contribution in [2.24, 2.45) is 46.4 Å². The highest BCUT2D eigenvalue weighted by atomic mass is 33.1. The summed E-state index contributed by atoms with van der Waals surface area (Å²) in [6.45, 7) is 9.68. The molecule has 4 fully saturated rings. The van der Waals surface area contributed by atoms with Gasteiger partial charge in [-0.05, 0) is 112 Å². The number of benzene rings is 2. The fourth-order valence-electron chi connectivity index (χ4n) is 15.7. The number of para-hydroxylation sites is 1. The number of aromatic amines is 1. The lowest BCUT2D eigenvalue weighted by atomic mass is 9.97. The number of nitrogens with one attached hydrogen (secondary N) is 29. The molecule has 0 spiro atoms. The van der Waals surface area contributed by atoms with Crippen LogP contribution in [0.5, 0.6) is 0 Å². The number of carbonyl (C=O) groups is 18.